The van der Waals surface area contributed by atoms with Gasteiger partial charge in [-0.1, -0.05) is 11.6 Å². The third-order valence-electron chi connectivity index (χ3n) is 4.05. The van der Waals surface area contributed by atoms with E-state index in [1.54, 1.807) is 18.2 Å². The summed E-state index contributed by atoms with van der Waals surface area (Å²) in [4.78, 5) is 10.5. The highest BCUT2D eigenvalue weighted by molar-refractivity contribution is 7.92. The van der Waals surface area contributed by atoms with E-state index in [-0.39, 0.29) is 28.7 Å². The monoisotopic (exact) mass is 451 g/mol. The van der Waals surface area contributed by atoms with Gasteiger partial charge in [0.1, 0.15) is 12.1 Å². The van der Waals surface area contributed by atoms with Gasteiger partial charge in [-0.3, -0.25) is 9.52 Å². The second-order valence-electron chi connectivity index (χ2n) is 6.30. The van der Waals surface area contributed by atoms with Crippen molar-refractivity contribution in [2.75, 3.05) is 11.3 Å². The van der Waals surface area contributed by atoms with Gasteiger partial charge >= 0.3 is 5.97 Å². The molecule has 0 aliphatic rings. The number of aliphatic carboxylic acids is 1. The van der Waals surface area contributed by atoms with Crippen LogP contribution in [0.4, 0.5) is 5.69 Å². The van der Waals surface area contributed by atoms with E-state index in [1.807, 2.05) is 6.92 Å². The van der Waals surface area contributed by atoms with E-state index in [9.17, 15) is 13.2 Å². The molecule has 0 atom stereocenters. The molecule has 0 saturated carbocycles. The molecule has 0 radical (unpaired) electrons. The Labute approximate surface area is 177 Å². The van der Waals surface area contributed by atoms with Crippen molar-refractivity contribution in [3.05, 3.63) is 53.3 Å². The average molecular weight is 452 g/mol. The number of nitrogens with zero attached hydrogens (tertiary/aromatic N) is 4. The van der Waals surface area contributed by atoms with Crippen LogP contribution in [0.15, 0.2) is 47.6 Å². The normalized spacial score (nSPS) is 11.3. The quantitative estimate of drug-likeness (QED) is 0.474. The van der Waals surface area contributed by atoms with E-state index < -0.39 is 16.0 Å². The Morgan fingerprint density at radius 2 is 2.07 bits per heavy atom. The Morgan fingerprint density at radius 1 is 1.27 bits per heavy atom. The van der Waals surface area contributed by atoms with Gasteiger partial charge in [-0.15, -0.1) is 5.10 Å². The highest BCUT2D eigenvalue weighted by Gasteiger charge is 2.17. The predicted octanol–water partition coefficient (Wildman–Crippen LogP) is 2.67. The fraction of sp³-hybridized carbons (Fsp3) is 0.222. The minimum atomic E-state index is -3.89. The molecule has 0 amide bonds. The smallest absolute Gasteiger partial charge is 0.303 e. The molecule has 0 unspecified atom stereocenters. The summed E-state index contributed by atoms with van der Waals surface area (Å²) in [6.07, 6.45) is 1.73. The number of aryl methyl sites for hydroxylation is 1. The van der Waals surface area contributed by atoms with Gasteiger partial charge in [0, 0.05) is 12.1 Å². The van der Waals surface area contributed by atoms with Crippen molar-refractivity contribution in [3.63, 3.8) is 0 Å². The van der Waals surface area contributed by atoms with E-state index in [1.165, 1.54) is 29.2 Å². The number of nitrogens with one attached hydrogen (secondary N) is 1. The van der Waals surface area contributed by atoms with Crippen molar-refractivity contribution in [2.24, 2.45) is 0 Å². The van der Waals surface area contributed by atoms with Crippen molar-refractivity contribution in [1.29, 1.82) is 0 Å². The van der Waals surface area contributed by atoms with Crippen LogP contribution in [-0.2, 0) is 14.8 Å². The Morgan fingerprint density at radius 3 is 2.70 bits per heavy atom. The van der Waals surface area contributed by atoms with Crippen LogP contribution in [0.1, 0.15) is 18.4 Å². The molecule has 0 aliphatic carbocycles. The van der Waals surface area contributed by atoms with Crippen LogP contribution in [0.25, 0.3) is 5.69 Å². The fourth-order valence-corrected chi connectivity index (χ4v) is 4.01. The molecule has 158 valence electrons. The molecule has 1 aromatic heterocycles. The number of carbonyl (C=O) groups is 1. The van der Waals surface area contributed by atoms with Crippen LogP contribution in [0.2, 0.25) is 5.02 Å². The lowest BCUT2D eigenvalue weighted by Crippen LogP contribution is -2.13. The van der Waals surface area contributed by atoms with Crippen LogP contribution in [-0.4, -0.2) is 46.3 Å². The van der Waals surface area contributed by atoms with E-state index in [2.05, 4.69) is 20.2 Å². The first-order valence-corrected chi connectivity index (χ1v) is 10.6. The zero-order chi connectivity index (χ0) is 21.7. The molecule has 0 aliphatic heterocycles. The number of anilines is 1. The molecule has 0 saturated heterocycles. The number of carboxylic acids is 1. The van der Waals surface area contributed by atoms with Gasteiger partial charge in [0.2, 0.25) is 0 Å². The van der Waals surface area contributed by atoms with Gasteiger partial charge < -0.3 is 9.84 Å². The van der Waals surface area contributed by atoms with E-state index in [0.29, 0.717) is 12.1 Å². The van der Waals surface area contributed by atoms with Crippen molar-refractivity contribution in [1.82, 2.24) is 20.2 Å². The number of hydrogen-bond donors (Lipinski definition) is 2. The summed E-state index contributed by atoms with van der Waals surface area (Å²) < 4.78 is 34.8. The van der Waals surface area contributed by atoms with Gasteiger partial charge in [-0.2, -0.15) is 0 Å². The highest BCUT2D eigenvalue weighted by atomic mass is 35.5. The predicted molar refractivity (Wildman–Crippen MR) is 109 cm³/mol. The van der Waals surface area contributed by atoms with Gasteiger partial charge in [-0.05, 0) is 65.7 Å². The number of rotatable bonds is 9. The molecule has 2 aromatic carbocycles. The van der Waals surface area contributed by atoms with E-state index in [0.717, 1.165) is 11.3 Å². The van der Waals surface area contributed by atoms with Gasteiger partial charge in [0.25, 0.3) is 10.0 Å². The number of sulfonamides is 1. The summed E-state index contributed by atoms with van der Waals surface area (Å²) in [5.74, 6) is -0.638. The molecule has 3 aromatic rings. The van der Waals surface area contributed by atoms with E-state index >= 15 is 0 Å². The number of benzene rings is 2. The Bertz CT molecular complexity index is 1150. The summed E-state index contributed by atoms with van der Waals surface area (Å²) in [6.45, 7) is 1.96. The topological polar surface area (TPSA) is 136 Å². The Kier molecular flexibility index (Phi) is 6.53. The second-order valence-corrected chi connectivity index (χ2v) is 8.39. The molecular formula is C18H18ClN5O5S. The van der Waals surface area contributed by atoms with Crippen molar-refractivity contribution in [3.8, 4) is 11.4 Å². The summed E-state index contributed by atoms with van der Waals surface area (Å²) >= 11 is 6.13. The Balaban J connectivity index is 1.72. The first kappa shape index (κ1) is 21.5. The van der Waals surface area contributed by atoms with Crippen LogP contribution in [0.3, 0.4) is 0 Å². The number of tetrazole rings is 1. The van der Waals surface area contributed by atoms with Gasteiger partial charge in [0.15, 0.2) is 0 Å². The molecule has 12 heteroatoms. The van der Waals surface area contributed by atoms with Crippen molar-refractivity contribution < 1.29 is 23.1 Å². The largest absolute Gasteiger partial charge is 0.492 e. The van der Waals surface area contributed by atoms with Crippen LogP contribution in [0.5, 0.6) is 5.75 Å². The molecule has 3 rings (SSSR count). The maximum atomic E-state index is 12.7. The van der Waals surface area contributed by atoms with Crippen molar-refractivity contribution >= 4 is 33.3 Å². The number of carboxylic acid groups (broad SMARTS) is 1. The Hall–Kier alpha value is -3.18. The molecule has 0 spiro atoms. The maximum absolute atomic E-state index is 12.7. The van der Waals surface area contributed by atoms with Crippen molar-refractivity contribution in [2.45, 2.75) is 24.7 Å². The fourth-order valence-electron chi connectivity index (χ4n) is 2.63. The summed E-state index contributed by atoms with van der Waals surface area (Å²) in [5.41, 5.74) is 1.86. The molecule has 2 N–H and O–H groups in total. The average Bonchev–Trinajstić information content (AvgIpc) is 3.20. The summed E-state index contributed by atoms with van der Waals surface area (Å²) in [6, 6.07) is 9.04. The highest BCUT2D eigenvalue weighted by Crippen LogP contribution is 2.29. The molecule has 0 fully saturated rings. The number of aromatic nitrogens is 4. The molecule has 0 bridgehead atoms. The first-order valence-electron chi connectivity index (χ1n) is 8.77. The lowest BCUT2D eigenvalue weighted by Gasteiger charge is -2.12. The van der Waals surface area contributed by atoms with Gasteiger partial charge in [-0.25, -0.2) is 13.1 Å². The molecular weight excluding hydrogens is 434 g/mol. The van der Waals surface area contributed by atoms with Crippen LogP contribution in [0, 0.1) is 6.92 Å². The second kappa shape index (κ2) is 9.09. The molecule has 30 heavy (non-hydrogen) atoms. The third kappa shape index (κ3) is 5.24. The van der Waals surface area contributed by atoms with E-state index in [4.69, 9.17) is 21.4 Å². The molecule has 1 heterocycles. The zero-order valence-electron chi connectivity index (χ0n) is 15.8. The summed E-state index contributed by atoms with van der Waals surface area (Å²) in [5, 5.41) is 19.7. The molecule has 10 nitrogen and oxygen atoms in total. The minimum absolute atomic E-state index is 0.0281. The maximum Gasteiger partial charge on any atom is 0.303 e. The SMILES string of the molecule is Cc1cc(NS(=O)(=O)c2ccc(OCCCC(=O)O)c(Cl)c2)ccc1-n1cnnn1. The minimum Gasteiger partial charge on any atom is -0.492 e. The number of ether oxygens (including phenoxy) is 1. The standard InChI is InChI=1S/C18H18ClN5O5S/c1-12-9-13(4-6-16(12)24-11-20-22-23-24)21-30(27,28)14-5-7-17(15(19)10-14)29-8-2-3-18(25)26/h4-7,9-11,21H,2-3,8H2,1H3,(H,25,26). The van der Waals surface area contributed by atoms with Gasteiger partial charge in [0.05, 0.1) is 22.2 Å². The van der Waals surface area contributed by atoms with Crippen LogP contribution < -0.4 is 9.46 Å². The lowest BCUT2D eigenvalue weighted by molar-refractivity contribution is -0.137. The van der Waals surface area contributed by atoms with Crippen LogP contribution >= 0.6 is 11.6 Å². The zero-order valence-corrected chi connectivity index (χ0v) is 17.4. The summed E-state index contributed by atoms with van der Waals surface area (Å²) in [7, 11) is -3.89. The third-order valence-corrected chi connectivity index (χ3v) is 5.73. The number of hydrogen-bond acceptors (Lipinski definition) is 7. The lowest BCUT2D eigenvalue weighted by atomic mass is 10.2. The number of halogens is 1. The first-order chi connectivity index (χ1) is 14.3.